The largest absolute Gasteiger partial charge is 0.466 e. The van der Waals surface area contributed by atoms with Gasteiger partial charge in [-0.2, -0.15) is 0 Å². The van der Waals surface area contributed by atoms with E-state index in [1.807, 2.05) is 30.3 Å². The fraction of sp³-hybridized carbons (Fsp3) is 0.500. The van der Waals surface area contributed by atoms with Crippen molar-refractivity contribution in [1.82, 2.24) is 5.32 Å². The topological polar surface area (TPSA) is 64.6 Å². The fourth-order valence-corrected chi connectivity index (χ4v) is 2.58. The third-order valence-electron chi connectivity index (χ3n) is 3.62. The van der Waals surface area contributed by atoms with Crippen molar-refractivity contribution in [2.45, 2.75) is 38.8 Å². The number of benzene rings is 1. The first-order valence-corrected chi connectivity index (χ1v) is 7.34. The molecule has 1 saturated carbocycles. The predicted octanol–water partition coefficient (Wildman–Crippen LogP) is 2.64. The number of amides is 1. The van der Waals surface area contributed by atoms with E-state index in [4.69, 9.17) is 9.47 Å². The van der Waals surface area contributed by atoms with Crippen LogP contribution in [-0.2, 0) is 20.9 Å². The molecule has 2 atom stereocenters. The quantitative estimate of drug-likeness (QED) is 0.847. The monoisotopic (exact) mass is 291 g/mol. The highest BCUT2D eigenvalue weighted by molar-refractivity contribution is 5.75. The summed E-state index contributed by atoms with van der Waals surface area (Å²) >= 11 is 0. The van der Waals surface area contributed by atoms with Gasteiger partial charge in [0.1, 0.15) is 6.61 Å². The second-order valence-corrected chi connectivity index (χ2v) is 5.10. The van der Waals surface area contributed by atoms with Crippen molar-refractivity contribution in [2.24, 2.45) is 5.92 Å². The van der Waals surface area contributed by atoms with E-state index < -0.39 is 6.09 Å². The Morgan fingerprint density at radius 1 is 1.19 bits per heavy atom. The molecule has 1 aromatic carbocycles. The van der Waals surface area contributed by atoms with Crippen LogP contribution >= 0.6 is 0 Å². The third kappa shape index (κ3) is 4.48. The van der Waals surface area contributed by atoms with Gasteiger partial charge in [-0.05, 0) is 25.3 Å². The van der Waals surface area contributed by atoms with E-state index in [9.17, 15) is 9.59 Å². The number of carbonyl (C=O) groups is 2. The summed E-state index contributed by atoms with van der Waals surface area (Å²) in [4.78, 5) is 23.6. The van der Waals surface area contributed by atoms with E-state index >= 15 is 0 Å². The zero-order chi connectivity index (χ0) is 15.1. The highest BCUT2D eigenvalue weighted by Crippen LogP contribution is 2.27. The number of esters is 1. The number of hydrogen-bond donors (Lipinski definition) is 1. The molecule has 1 amide bonds. The maximum absolute atomic E-state index is 11.8. The fourth-order valence-electron chi connectivity index (χ4n) is 2.58. The minimum absolute atomic E-state index is 0.188. The minimum Gasteiger partial charge on any atom is -0.466 e. The van der Waals surface area contributed by atoms with Crippen LogP contribution in [0.4, 0.5) is 4.79 Å². The van der Waals surface area contributed by atoms with Gasteiger partial charge in [0.05, 0.1) is 12.5 Å². The van der Waals surface area contributed by atoms with E-state index in [1.54, 1.807) is 6.92 Å². The van der Waals surface area contributed by atoms with Crippen molar-refractivity contribution >= 4 is 12.1 Å². The maximum atomic E-state index is 11.8. The van der Waals surface area contributed by atoms with Crippen LogP contribution in [0.2, 0.25) is 0 Å². The molecule has 0 aliphatic heterocycles. The van der Waals surface area contributed by atoms with E-state index in [1.165, 1.54) is 0 Å². The van der Waals surface area contributed by atoms with Crippen LogP contribution in [0.25, 0.3) is 0 Å². The molecule has 0 aromatic heterocycles. The molecule has 1 aromatic rings. The molecular weight excluding hydrogens is 270 g/mol. The SMILES string of the molecule is CCOC(=O)C1CCCC1NC(=O)OCc1ccccc1. The molecule has 5 nitrogen and oxygen atoms in total. The smallest absolute Gasteiger partial charge is 0.407 e. The molecule has 1 aliphatic carbocycles. The zero-order valence-corrected chi connectivity index (χ0v) is 12.2. The lowest BCUT2D eigenvalue weighted by molar-refractivity contribution is -0.148. The van der Waals surface area contributed by atoms with Crippen molar-refractivity contribution < 1.29 is 19.1 Å². The Labute approximate surface area is 124 Å². The third-order valence-corrected chi connectivity index (χ3v) is 3.62. The molecule has 1 fully saturated rings. The summed E-state index contributed by atoms with van der Waals surface area (Å²) in [5, 5.41) is 2.78. The molecule has 0 saturated heterocycles. The normalized spacial score (nSPS) is 20.8. The first-order valence-electron chi connectivity index (χ1n) is 7.34. The molecular formula is C16H21NO4. The van der Waals surface area contributed by atoms with Crippen LogP contribution in [0.5, 0.6) is 0 Å². The second-order valence-electron chi connectivity index (χ2n) is 5.10. The molecule has 2 rings (SSSR count). The number of rotatable bonds is 5. The Bertz CT molecular complexity index is 474. The summed E-state index contributed by atoms with van der Waals surface area (Å²) < 4.78 is 10.2. The highest BCUT2D eigenvalue weighted by Gasteiger charge is 2.35. The van der Waals surface area contributed by atoms with Gasteiger partial charge in [-0.15, -0.1) is 0 Å². The average Bonchev–Trinajstić information content (AvgIpc) is 2.95. The molecule has 2 unspecified atom stereocenters. The van der Waals surface area contributed by atoms with Crippen molar-refractivity contribution in [3.8, 4) is 0 Å². The molecule has 1 N–H and O–H groups in total. The summed E-state index contributed by atoms with van der Waals surface area (Å²) in [6.07, 6.45) is 1.96. The molecule has 114 valence electrons. The van der Waals surface area contributed by atoms with E-state index in [0.29, 0.717) is 6.61 Å². The van der Waals surface area contributed by atoms with Crippen LogP contribution in [0, 0.1) is 5.92 Å². The summed E-state index contributed by atoms with van der Waals surface area (Å²) in [7, 11) is 0. The van der Waals surface area contributed by atoms with Gasteiger partial charge in [0.25, 0.3) is 0 Å². The Morgan fingerprint density at radius 3 is 2.67 bits per heavy atom. The molecule has 5 heteroatoms. The number of alkyl carbamates (subject to hydrolysis) is 1. The van der Waals surface area contributed by atoms with Crippen LogP contribution in [-0.4, -0.2) is 24.7 Å². The van der Waals surface area contributed by atoms with Crippen molar-refractivity contribution in [3.63, 3.8) is 0 Å². The Hall–Kier alpha value is -2.04. The van der Waals surface area contributed by atoms with Crippen LogP contribution in [0.15, 0.2) is 30.3 Å². The van der Waals surface area contributed by atoms with E-state index in [2.05, 4.69) is 5.32 Å². The molecule has 0 spiro atoms. The molecule has 21 heavy (non-hydrogen) atoms. The maximum Gasteiger partial charge on any atom is 0.407 e. The molecule has 0 radical (unpaired) electrons. The van der Waals surface area contributed by atoms with Crippen LogP contribution in [0.1, 0.15) is 31.7 Å². The van der Waals surface area contributed by atoms with Gasteiger partial charge in [0.15, 0.2) is 0 Å². The molecule has 0 heterocycles. The van der Waals surface area contributed by atoms with E-state index in [-0.39, 0.29) is 24.5 Å². The zero-order valence-electron chi connectivity index (χ0n) is 12.2. The summed E-state index contributed by atoms with van der Waals surface area (Å²) in [6, 6.07) is 9.29. The van der Waals surface area contributed by atoms with Crippen molar-refractivity contribution in [3.05, 3.63) is 35.9 Å². The lowest BCUT2D eigenvalue weighted by Crippen LogP contribution is -2.41. The lowest BCUT2D eigenvalue weighted by atomic mass is 10.0. The lowest BCUT2D eigenvalue weighted by Gasteiger charge is -2.19. The summed E-state index contributed by atoms with van der Waals surface area (Å²) in [5.74, 6) is -0.488. The summed E-state index contributed by atoms with van der Waals surface area (Å²) in [6.45, 7) is 2.37. The Morgan fingerprint density at radius 2 is 1.95 bits per heavy atom. The van der Waals surface area contributed by atoms with Gasteiger partial charge in [0.2, 0.25) is 0 Å². The van der Waals surface area contributed by atoms with Gasteiger partial charge in [-0.3, -0.25) is 4.79 Å². The Balaban J connectivity index is 1.80. The van der Waals surface area contributed by atoms with Crippen LogP contribution in [0.3, 0.4) is 0 Å². The van der Waals surface area contributed by atoms with E-state index in [0.717, 1.165) is 24.8 Å². The van der Waals surface area contributed by atoms with Gasteiger partial charge in [-0.1, -0.05) is 36.8 Å². The predicted molar refractivity (Wildman–Crippen MR) is 77.5 cm³/mol. The van der Waals surface area contributed by atoms with Gasteiger partial charge < -0.3 is 14.8 Å². The first-order chi connectivity index (χ1) is 10.2. The standard InChI is InChI=1S/C16H21NO4/c1-2-20-15(18)13-9-6-10-14(13)17-16(19)21-11-12-7-4-3-5-8-12/h3-5,7-8,13-14H,2,6,9-11H2,1H3,(H,17,19). The molecule has 0 bridgehead atoms. The number of ether oxygens (including phenoxy) is 2. The Kier molecular flexibility index (Phi) is 5.60. The van der Waals surface area contributed by atoms with Gasteiger partial charge in [-0.25, -0.2) is 4.79 Å². The number of hydrogen-bond acceptors (Lipinski definition) is 4. The molecule has 1 aliphatic rings. The highest BCUT2D eigenvalue weighted by atomic mass is 16.5. The first kappa shape index (κ1) is 15.4. The number of nitrogens with one attached hydrogen (secondary N) is 1. The van der Waals surface area contributed by atoms with Gasteiger partial charge >= 0.3 is 12.1 Å². The average molecular weight is 291 g/mol. The number of carbonyl (C=O) groups excluding carboxylic acids is 2. The summed E-state index contributed by atoms with van der Waals surface area (Å²) in [5.41, 5.74) is 0.931. The van der Waals surface area contributed by atoms with Crippen molar-refractivity contribution in [1.29, 1.82) is 0 Å². The van der Waals surface area contributed by atoms with Gasteiger partial charge in [0, 0.05) is 6.04 Å². The van der Waals surface area contributed by atoms with Crippen LogP contribution < -0.4 is 5.32 Å². The van der Waals surface area contributed by atoms with Crippen molar-refractivity contribution in [2.75, 3.05) is 6.61 Å². The minimum atomic E-state index is -0.486. The second kappa shape index (κ2) is 7.67.